The van der Waals surface area contributed by atoms with E-state index in [4.69, 9.17) is 9.47 Å². The molecule has 0 aliphatic heterocycles. The molecular formula is C81H94O2. The Morgan fingerprint density at radius 1 is 0.614 bits per heavy atom. The summed E-state index contributed by atoms with van der Waals surface area (Å²) in [7, 11) is 1.73. The fourth-order valence-electron chi connectivity index (χ4n) is 9.77. The summed E-state index contributed by atoms with van der Waals surface area (Å²) in [5, 5.41) is 0. The van der Waals surface area contributed by atoms with Crippen LogP contribution in [0.2, 0.25) is 0 Å². The van der Waals surface area contributed by atoms with Crippen molar-refractivity contribution in [2.24, 2.45) is 11.8 Å². The van der Waals surface area contributed by atoms with Crippen molar-refractivity contribution in [1.82, 2.24) is 0 Å². The van der Waals surface area contributed by atoms with E-state index in [-0.39, 0.29) is 5.92 Å². The van der Waals surface area contributed by atoms with Crippen LogP contribution in [0, 0.1) is 39.5 Å². The maximum absolute atomic E-state index is 6.92. The normalized spacial score (nSPS) is 13.6. The van der Waals surface area contributed by atoms with E-state index in [1.54, 1.807) is 7.11 Å². The first-order valence-electron chi connectivity index (χ1n) is 29.9. The number of hydrogen-bond acceptors (Lipinski definition) is 2. The van der Waals surface area contributed by atoms with Crippen molar-refractivity contribution < 1.29 is 9.47 Å². The van der Waals surface area contributed by atoms with Crippen molar-refractivity contribution in [2.75, 3.05) is 7.11 Å². The molecule has 0 radical (unpaired) electrons. The molecule has 2 nitrogen and oxygen atoms in total. The summed E-state index contributed by atoms with van der Waals surface area (Å²) in [6.07, 6.45) is 23.3. The summed E-state index contributed by atoms with van der Waals surface area (Å²) in [4.78, 5) is 0. The number of ether oxygens (including phenoxy) is 2. The summed E-state index contributed by atoms with van der Waals surface area (Å²) >= 11 is 0. The quantitative estimate of drug-likeness (QED) is 0.0630. The molecule has 1 aliphatic carbocycles. The predicted octanol–water partition coefficient (Wildman–Crippen LogP) is 23.7. The maximum Gasteiger partial charge on any atom is 0.134 e. The topological polar surface area (TPSA) is 18.5 Å². The summed E-state index contributed by atoms with van der Waals surface area (Å²) in [6, 6.07) is 59.6. The summed E-state index contributed by atoms with van der Waals surface area (Å²) < 4.78 is 12.6. The number of aryl methyl sites for hydroxylation is 4. The molecule has 0 N–H and O–H groups in total. The Morgan fingerprint density at radius 3 is 1.86 bits per heavy atom. The SMILES string of the molecule is C=C(/C=C\C=C/CC)c1cc(C)cc(-c2ccccc2)c1.C=C/C(=C\C=C(C)C)C1CC=CC(c2cccc(-c3ccccc3OC)c2)=C1c1ccccc1O/C(=C(\C)CC)C(C)CC.CC(C)c1ccccc1.Cc1ccc(C)c(C)c1. The van der Waals surface area contributed by atoms with Crippen molar-refractivity contribution in [3.63, 3.8) is 0 Å². The monoisotopic (exact) mass is 1100 g/mol. The Labute approximate surface area is 502 Å². The molecule has 8 rings (SSSR count). The van der Waals surface area contributed by atoms with Gasteiger partial charge in [0.15, 0.2) is 0 Å². The lowest BCUT2D eigenvalue weighted by Gasteiger charge is -2.29. The lowest BCUT2D eigenvalue weighted by Crippen LogP contribution is -2.13. The zero-order chi connectivity index (χ0) is 60.3. The fraction of sp³-hybridized carbons (Fsp3) is 0.259. The minimum Gasteiger partial charge on any atom is -0.496 e. The van der Waals surface area contributed by atoms with Gasteiger partial charge in [-0.3, -0.25) is 0 Å². The smallest absolute Gasteiger partial charge is 0.134 e. The van der Waals surface area contributed by atoms with Crippen LogP contribution in [0.15, 0.2) is 260 Å². The zero-order valence-electron chi connectivity index (χ0n) is 52.7. The molecule has 430 valence electrons. The average Bonchev–Trinajstić information content (AvgIpc) is 3.31. The minimum absolute atomic E-state index is 0.117. The van der Waals surface area contributed by atoms with Gasteiger partial charge < -0.3 is 9.47 Å². The number of para-hydroxylation sites is 2. The molecule has 0 bridgehead atoms. The van der Waals surface area contributed by atoms with E-state index < -0.39 is 0 Å². The van der Waals surface area contributed by atoms with Gasteiger partial charge in [-0.2, -0.15) is 0 Å². The highest BCUT2D eigenvalue weighted by molar-refractivity contribution is 6.00. The van der Waals surface area contributed by atoms with Crippen LogP contribution in [0.3, 0.4) is 0 Å². The second-order valence-electron chi connectivity index (χ2n) is 22.1. The molecule has 0 fully saturated rings. The van der Waals surface area contributed by atoms with Gasteiger partial charge >= 0.3 is 0 Å². The molecule has 7 aromatic carbocycles. The molecule has 7 aromatic rings. The van der Waals surface area contributed by atoms with Gasteiger partial charge in [-0.15, -0.1) is 0 Å². The Bertz CT molecular complexity index is 3420. The van der Waals surface area contributed by atoms with E-state index in [9.17, 15) is 0 Å². The number of allylic oxidation sites excluding steroid dienone is 16. The molecule has 2 unspecified atom stereocenters. The highest BCUT2D eigenvalue weighted by atomic mass is 16.5. The molecule has 83 heavy (non-hydrogen) atoms. The van der Waals surface area contributed by atoms with E-state index in [0.717, 1.165) is 70.8 Å². The molecule has 0 aromatic heterocycles. The van der Waals surface area contributed by atoms with Crippen LogP contribution in [0.4, 0.5) is 0 Å². The number of rotatable bonds is 18. The van der Waals surface area contributed by atoms with Crippen LogP contribution in [0.5, 0.6) is 11.5 Å². The van der Waals surface area contributed by atoms with Crippen molar-refractivity contribution in [1.29, 1.82) is 0 Å². The fourth-order valence-corrected chi connectivity index (χ4v) is 9.77. The third-order valence-electron chi connectivity index (χ3n) is 15.0. The van der Waals surface area contributed by atoms with Gasteiger partial charge in [-0.05, 0) is 182 Å². The Kier molecular flexibility index (Phi) is 27.1. The van der Waals surface area contributed by atoms with Gasteiger partial charge in [-0.1, -0.05) is 266 Å². The summed E-state index contributed by atoms with van der Waals surface area (Å²) in [5.74, 6) is 3.95. The first-order chi connectivity index (χ1) is 40.0. The van der Waals surface area contributed by atoms with Gasteiger partial charge in [0.25, 0.3) is 0 Å². The van der Waals surface area contributed by atoms with Crippen LogP contribution in [0.1, 0.15) is 138 Å². The van der Waals surface area contributed by atoms with Crippen LogP contribution in [-0.4, -0.2) is 7.11 Å². The van der Waals surface area contributed by atoms with E-state index >= 15 is 0 Å². The largest absolute Gasteiger partial charge is 0.496 e. The van der Waals surface area contributed by atoms with Gasteiger partial charge in [0.1, 0.15) is 17.3 Å². The lowest BCUT2D eigenvalue weighted by atomic mass is 9.76. The predicted molar refractivity (Wildman–Crippen MR) is 365 cm³/mol. The molecule has 0 spiro atoms. The van der Waals surface area contributed by atoms with Crippen LogP contribution < -0.4 is 9.47 Å². The van der Waals surface area contributed by atoms with Crippen molar-refractivity contribution >= 4 is 16.7 Å². The molecule has 0 heterocycles. The third-order valence-corrected chi connectivity index (χ3v) is 15.0. The van der Waals surface area contributed by atoms with E-state index in [1.165, 1.54) is 72.4 Å². The first-order valence-corrected chi connectivity index (χ1v) is 29.9. The zero-order valence-corrected chi connectivity index (χ0v) is 52.7. The van der Waals surface area contributed by atoms with Crippen molar-refractivity contribution in [3.8, 4) is 33.8 Å². The molecule has 0 saturated carbocycles. The Balaban J connectivity index is 0.000000261. The summed E-state index contributed by atoms with van der Waals surface area (Å²) in [5.41, 5.74) is 22.1. The highest BCUT2D eigenvalue weighted by Gasteiger charge is 2.28. The third kappa shape index (κ3) is 20.0. The molecule has 1 aliphatic rings. The lowest BCUT2D eigenvalue weighted by molar-refractivity contribution is 0.343. The van der Waals surface area contributed by atoms with Crippen LogP contribution >= 0.6 is 0 Å². The second-order valence-corrected chi connectivity index (χ2v) is 22.1. The molecule has 2 heteroatoms. The maximum atomic E-state index is 6.92. The van der Waals surface area contributed by atoms with Crippen LogP contribution in [0.25, 0.3) is 39.0 Å². The van der Waals surface area contributed by atoms with Crippen LogP contribution in [-0.2, 0) is 0 Å². The molecule has 0 amide bonds. The van der Waals surface area contributed by atoms with Gasteiger partial charge in [-0.25, -0.2) is 0 Å². The number of methoxy groups -OCH3 is 1. The number of benzene rings is 7. The van der Waals surface area contributed by atoms with Gasteiger partial charge in [0.05, 0.1) is 7.11 Å². The van der Waals surface area contributed by atoms with Crippen molar-refractivity contribution in [2.45, 2.75) is 122 Å². The molecule has 0 saturated heterocycles. The first kappa shape index (κ1) is 65.6. The van der Waals surface area contributed by atoms with E-state index in [1.807, 2.05) is 30.3 Å². The average molecular weight is 1100 g/mol. The minimum atomic E-state index is 0.117. The Hall–Kier alpha value is -8.20. The van der Waals surface area contributed by atoms with E-state index in [2.05, 4.69) is 297 Å². The highest BCUT2D eigenvalue weighted by Crippen LogP contribution is 2.46. The second kappa shape index (κ2) is 34.3. The Morgan fingerprint density at radius 2 is 1.25 bits per heavy atom. The number of hydrogen-bond donors (Lipinski definition) is 0. The van der Waals surface area contributed by atoms with Gasteiger partial charge in [0.2, 0.25) is 0 Å². The standard InChI is InChI=1S/C42H48O2.C21H22.2C9H12/c1-9-30(6)42(31(7)10-2)44-40-25-15-13-21-38(40)41-36(32(11-3)27-26-29(4)5)22-17-23-37(41)34-19-16-18-33(28-34)35-20-12-14-24-39(35)43-8;1-4-5-6-8-11-18(3)20-14-17(2)15-21(16-20)19-12-9-7-10-13-19;1-7-4-5-8(2)9(3)6-7;1-8(2)9-6-4-3-5-7-9/h11-21,23-28,30,36H,3,9-10,22H2,1-2,4-8H3;5-16H,3-4H2,1-2H3;4-6H,1-3H3;3-8H,1-2H3/b32-27+,42-31+;6-5-,11-8-;;. The molecular weight excluding hydrogens is 1000 g/mol. The molecule has 2 atom stereocenters. The van der Waals surface area contributed by atoms with Crippen molar-refractivity contribution in [3.05, 3.63) is 305 Å². The summed E-state index contributed by atoms with van der Waals surface area (Å²) in [6.45, 7) is 36.6. The van der Waals surface area contributed by atoms with Gasteiger partial charge in [0, 0.05) is 23.0 Å². The van der Waals surface area contributed by atoms with E-state index in [0.29, 0.717) is 11.8 Å².